The number of anilines is 3. The number of hydrogen-bond acceptors (Lipinski definition) is 8. The summed E-state index contributed by atoms with van der Waals surface area (Å²) < 4.78 is 7.80. The number of hydrogen-bond donors (Lipinski definition) is 1. The molecule has 1 unspecified atom stereocenters. The molecule has 2 aliphatic rings. The maximum absolute atomic E-state index is 5.44. The van der Waals surface area contributed by atoms with Crippen molar-refractivity contribution in [2.75, 3.05) is 30.4 Å². The van der Waals surface area contributed by atoms with Crippen LogP contribution in [0.2, 0.25) is 0 Å². The highest BCUT2D eigenvalue weighted by molar-refractivity contribution is 6.06. The summed E-state index contributed by atoms with van der Waals surface area (Å²) in [4.78, 5) is 25.1. The summed E-state index contributed by atoms with van der Waals surface area (Å²) in [6.45, 7) is 1.78. The summed E-state index contributed by atoms with van der Waals surface area (Å²) in [7, 11) is 1.76. The Morgan fingerprint density at radius 1 is 1.00 bits per heavy atom. The summed E-state index contributed by atoms with van der Waals surface area (Å²) >= 11 is 0. The second-order valence-corrected chi connectivity index (χ2v) is 8.61. The Balaban J connectivity index is 1.30. The van der Waals surface area contributed by atoms with Crippen LogP contribution in [0.15, 0.2) is 37.1 Å². The van der Waals surface area contributed by atoms with Crippen LogP contribution in [-0.2, 0) is 4.74 Å². The highest BCUT2D eigenvalue weighted by atomic mass is 16.5. The molecule has 1 saturated carbocycles. The highest BCUT2D eigenvalue weighted by Crippen LogP contribution is 2.37. The van der Waals surface area contributed by atoms with Gasteiger partial charge in [-0.15, -0.1) is 0 Å². The normalized spacial score (nSPS) is 19.4. The van der Waals surface area contributed by atoms with Gasteiger partial charge in [-0.3, -0.25) is 4.98 Å². The zero-order valence-corrected chi connectivity index (χ0v) is 18.1. The van der Waals surface area contributed by atoms with Crippen LogP contribution in [-0.4, -0.2) is 55.8 Å². The van der Waals surface area contributed by atoms with Crippen LogP contribution in [0.25, 0.3) is 21.9 Å². The van der Waals surface area contributed by atoms with Gasteiger partial charge in [0.05, 0.1) is 30.2 Å². The first-order valence-electron chi connectivity index (χ1n) is 11.3. The Morgan fingerprint density at radius 2 is 1.91 bits per heavy atom. The fourth-order valence-corrected chi connectivity index (χ4v) is 5.05. The average Bonchev–Trinajstić information content (AvgIpc) is 3.58. The Kier molecular flexibility index (Phi) is 4.83. The Morgan fingerprint density at radius 3 is 2.69 bits per heavy atom. The van der Waals surface area contributed by atoms with E-state index in [-0.39, 0.29) is 6.10 Å². The van der Waals surface area contributed by atoms with Crippen LogP contribution < -0.4 is 10.2 Å². The van der Waals surface area contributed by atoms with Crippen molar-refractivity contribution in [3.05, 3.63) is 37.1 Å². The van der Waals surface area contributed by atoms with Gasteiger partial charge in [0, 0.05) is 49.4 Å². The van der Waals surface area contributed by atoms with Crippen molar-refractivity contribution >= 4 is 39.5 Å². The van der Waals surface area contributed by atoms with Crippen molar-refractivity contribution in [1.29, 1.82) is 0 Å². The van der Waals surface area contributed by atoms with Crippen molar-refractivity contribution in [3.8, 4) is 0 Å². The lowest BCUT2D eigenvalue weighted by atomic mass is 10.2. The van der Waals surface area contributed by atoms with Crippen LogP contribution in [0.3, 0.4) is 0 Å². The molecule has 9 nitrogen and oxygen atoms in total. The summed E-state index contributed by atoms with van der Waals surface area (Å²) in [6, 6.07) is 2.51. The quantitative estimate of drug-likeness (QED) is 0.510. The van der Waals surface area contributed by atoms with Gasteiger partial charge in [0.25, 0.3) is 0 Å². The molecule has 1 atom stereocenters. The van der Waals surface area contributed by atoms with E-state index in [9.17, 15) is 0 Å². The van der Waals surface area contributed by atoms with Gasteiger partial charge in [-0.25, -0.2) is 15.0 Å². The van der Waals surface area contributed by atoms with Crippen molar-refractivity contribution in [1.82, 2.24) is 29.5 Å². The molecule has 0 radical (unpaired) electrons. The number of methoxy groups -OCH3 is 1. The minimum absolute atomic E-state index is 0.261. The lowest BCUT2D eigenvalue weighted by Gasteiger charge is -2.17. The molecule has 0 bridgehead atoms. The van der Waals surface area contributed by atoms with E-state index in [2.05, 4.69) is 40.8 Å². The number of fused-ring (bicyclic) bond motifs is 3. The molecular weight excluding hydrogens is 404 g/mol. The zero-order chi connectivity index (χ0) is 21.5. The summed E-state index contributed by atoms with van der Waals surface area (Å²) in [5.74, 6) is 2.01. The molecule has 4 aromatic heterocycles. The largest absolute Gasteiger partial charge is 0.380 e. The predicted octanol–water partition coefficient (Wildman–Crippen LogP) is 3.85. The number of aromatic nitrogens is 6. The first-order valence-corrected chi connectivity index (χ1v) is 11.3. The molecule has 6 rings (SSSR count). The molecule has 32 heavy (non-hydrogen) atoms. The molecule has 4 aromatic rings. The molecule has 164 valence electrons. The Labute approximate surface area is 185 Å². The molecule has 9 heteroatoms. The van der Waals surface area contributed by atoms with Gasteiger partial charge < -0.3 is 19.5 Å². The average molecular weight is 431 g/mol. The molecule has 5 heterocycles. The fourth-order valence-electron chi connectivity index (χ4n) is 5.05. The SMILES string of the molecule is COC1CCN(c2cnc(Nc3ncc4c5ccncc5n(C5CCCC5)c4n3)cn2)C1. The number of pyridine rings is 1. The van der Waals surface area contributed by atoms with E-state index in [1.807, 2.05) is 18.6 Å². The molecule has 1 aliphatic heterocycles. The molecule has 0 amide bonds. The zero-order valence-electron chi connectivity index (χ0n) is 18.1. The number of rotatable bonds is 5. The van der Waals surface area contributed by atoms with E-state index in [0.29, 0.717) is 17.8 Å². The number of nitrogens with one attached hydrogen (secondary N) is 1. The summed E-state index contributed by atoms with van der Waals surface area (Å²) in [5, 5.41) is 5.44. The van der Waals surface area contributed by atoms with Crippen molar-refractivity contribution < 1.29 is 4.74 Å². The van der Waals surface area contributed by atoms with Gasteiger partial charge in [-0.05, 0) is 25.3 Å². The molecule has 0 aromatic carbocycles. The van der Waals surface area contributed by atoms with E-state index in [1.165, 1.54) is 25.7 Å². The summed E-state index contributed by atoms with van der Waals surface area (Å²) in [6.07, 6.45) is 15.3. The third-order valence-corrected chi connectivity index (χ3v) is 6.72. The van der Waals surface area contributed by atoms with Crippen molar-refractivity contribution in [3.63, 3.8) is 0 Å². The van der Waals surface area contributed by atoms with E-state index >= 15 is 0 Å². The summed E-state index contributed by atoms with van der Waals surface area (Å²) in [5.41, 5.74) is 2.08. The molecular formula is C23H26N8O. The van der Waals surface area contributed by atoms with Gasteiger partial charge in [0.1, 0.15) is 11.5 Å². The van der Waals surface area contributed by atoms with Gasteiger partial charge >= 0.3 is 0 Å². The van der Waals surface area contributed by atoms with Gasteiger partial charge in [0.2, 0.25) is 5.95 Å². The smallest absolute Gasteiger partial charge is 0.230 e. The van der Waals surface area contributed by atoms with Crippen LogP contribution in [0.4, 0.5) is 17.6 Å². The fraction of sp³-hybridized carbons (Fsp3) is 0.435. The molecule has 1 saturated heterocycles. The Hall–Kier alpha value is -3.33. The minimum atomic E-state index is 0.261. The lowest BCUT2D eigenvalue weighted by Crippen LogP contribution is -2.23. The maximum atomic E-state index is 5.44. The molecule has 1 N–H and O–H groups in total. The van der Waals surface area contributed by atoms with Gasteiger partial charge in [-0.2, -0.15) is 4.98 Å². The van der Waals surface area contributed by atoms with Crippen LogP contribution in [0.1, 0.15) is 38.1 Å². The highest BCUT2D eigenvalue weighted by Gasteiger charge is 2.24. The van der Waals surface area contributed by atoms with E-state index in [0.717, 1.165) is 47.3 Å². The molecule has 1 aliphatic carbocycles. The topological polar surface area (TPSA) is 93.9 Å². The molecule has 0 spiro atoms. The second kappa shape index (κ2) is 7.98. The standard InChI is InChI=1S/C23H26N8O/c1-32-16-7-9-30(14-16)21-13-25-20(12-26-21)28-23-27-10-18-17-6-8-24-11-19(17)31(22(18)29-23)15-4-2-3-5-15/h6,8,10-13,15-16H,2-5,7,9,14H2,1H3,(H,25,27,28,29). The van der Waals surface area contributed by atoms with Crippen LogP contribution >= 0.6 is 0 Å². The third-order valence-electron chi connectivity index (χ3n) is 6.72. The van der Waals surface area contributed by atoms with E-state index in [1.54, 1.807) is 19.5 Å². The van der Waals surface area contributed by atoms with E-state index < -0.39 is 0 Å². The van der Waals surface area contributed by atoms with Gasteiger partial charge in [-0.1, -0.05) is 12.8 Å². The number of nitrogens with zero attached hydrogens (tertiary/aromatic N) is 7. The monoisotopic (exact) mass is 430 g/mol. The first-order chi connectivity index (χ1) is 15.8. The lowest BCUT2D eigenvalue weighted by molar-refractivity contribution is 0.121. The van der Waals surface area contributed by atoms with Crippen LogP contribution in [0, 0.1) is 0 Å². The minimum Gasteiger partial charge on any atom is -0.380 e. The molecule has 2 fully saturated rings. The third kappa shape index (κ3) is 3.33. The predicted molar refractivity (Wildman–Crippen MR) is 123 cm³/mol. The van der Waals surface area contributed by atoms with Gasteiger partial charge in [0.15, 0.2) is 5.82 Å². The van der Waals surface area contributed by atoms with Crippen molar-refractivity contribution in [2.24, 2.45) is 0 Å². The maximum Gasteiger partial charge on any atom is 0.230 e. The Bertz CT molecular complexity index is 1250. The van der Waals surface area contributed by atoms with E-state index in [4.69, 9.17) is 9.72 Å². The number of ether oxygens (including phenoxy) is 1. The van der Waals surface area contributed by atoms with Crippen LogP contribution in [0.5, 0.6) is 0 Å². The second-order valence-electron chi connectivity index (χ2n) is 8.61. The van der Waals surface area contributed by atoms with Crippen molar-refractivity contribution in [2.45, 2.75) is 44.2 Å². The first kappa shape index (κ1) is 19.4.